The minimum absolute atomic E-state index is 0.000733. The molecule has 8 aromatic carbocycles. The fourth-order valence-electron chi connectivity index (χ4n) is 17.7. The fraction of sp³-hybridized carbons (Fsp3) is 0.306. The molecule has 16 rings (SSSR count). The Balaban J connectivity index is 0.000000157. The van der Waals surface area contributed by atoms with Crippen LogP contribution in [-0.2, 0) is 44.9 Å². The number of aliphatic carboxylic acids is 1. The molecule has 20 nitrogen and oxygen atoms in total. The second kappa shape index (κ2) is 44.0. The number of carboxylic acid groups (broad SMARTS) is 1. The average Bonchev–Trinajstić information content (AvgIpc) is 1.64. The summed E-state index contributed by atoms with van der Waals surface area (Å²) in [6.45, 7) is 18.1. The van der Waals surface area contributed by atoms with Gasteiger partial charge in [0.1, 0.15) is 40.2 Å². The summed E-state index contributed by atoms with van der Waals surface area (Å²) >= 11 is 0. The summed E-state index contributed by atoms with van der Waals surface area (Å²) in [6, 6.07) is 62.6. The number of carbonyl (C=O) groups excluding carboxylic acids is 3. The van der Waals surface area contributed by atoms with Gasteiger partial charge in [0.15, 0.2) is 0 Å². The largest absolute Gasteiger partial charge is 0.481 e. The summed E-state index contributed by atoms with van der Waals surface area (Å²) < 4.78 is 172. The van der Waals surface area contributed by atoms with Crippen LogP contribution in [-0.4, -0.2) is 139 Å². The van der Waals surface area contributed by atoms with Gasteiger partial charge in [-0.05, 0) is 254 Å². The minimum Gasteiger partial charge on any atom is -0.481 e. The molecule has 140 heavy (non-hydrogen) atoms. The number of hydrogen-bond donors (Lipinski definition) is 1. The van der Waals surface area contributed by atoms with E-state index in [2.05, 4.69) is 108 Å². The van der Waals surface area contributed by atoms with Gasteiger partial charge < -0.3 is 14.6 Å². The summed E-state index contributed by atoms with van der Waals surface area (Å²) in [5.41, 5.74) is 19.6. The van der Waals surface area contributed by atoms with Crippen LogP contribution in [0.25, 0.3) is 44.6 Å². The zero-order chi connectivity index (χ0) is 101. The molecule has 0 unspecified atom stereocenters. The van der Waals surface area contributed by atoms with Gasteiger partial charge in [-0.2, -0.15) is 73.1 Å². The van der Waals surface area contributed by atoms with Gasteiger partial charge in [-0.15, -0.1) is 0 Å². The number of nitrogens with zero attached hydrogens (tertiary/aromatic N) is 13. The summed E-state index contributed by atoms with van der Waals surface area (Å²) in [4.78, 5) is 67.4. The first-order valence-electron chi connectivity index (χ1n) is 45.3. The number of ketones is 3. The Morgan fingerprint density at radius 3 is 0.979 bits per heavy atom. The number of anilines is 4. The van der Waals surface area contributed by atoms with Gasteiger partial charge >= 0.3 is 30.7 Å². The molecular weight excluding hydrogens is 1820 g/mol. The van der Waals surface area contributed by atoms with E-state index in [9.17, 15) is 77.0 Å². The molecule has 4 aliphatic heterocycles. The van der Waals surface area contributed by atoms with Crippen LogP contribution in [0.3, 0.4) is 0 Å². The minimum atomic E-state index is -4.61. The molecule has 0 bridgehead atoms. The first kappa shape index (κ1) is 103. The van der Waals surface area contributed by atoms with Crippen molar-refractivity contribution in [3.05, 3.63) is 316 Å². The van der Waals surface area contributed by atoms with Gasteiger partial charge in [0, 0.05) is 97.3 Å². The lowest BCUT2D eigenvalue weighted by molar-refractivity contribution is -0.137. The zero-order valence-electron chi connectivity index (χ0n) is 79.2. The van der Waals surface area contributed by atoms with Gasteiger partial charge in [-0.3, -0.25) is 54.2 Å². The highest BCUT2D eigenvalue weighted by Gasteiger charge is 2.53. The van der Waals surface area contributed by atoms with E-state index < -0.39 is 108 Å². The van der Waals surface area contributed by atoms with Crippen molar-refractivity contribution in [2.75, 3.05) is 34.3 Å². The first-order valence-corrected chi connectivity index (χ1v) is 45.3. The number of aryl methyl sites for hydroxylation is 4. The summed E-state index contributed by atoms with van der Waals surface area (Å²) in [5.74, 6) is -4.28. The lowest BCUT2D eigenvalue weighted by Crippen LogP contribution is -2.36. The molecule has 728 valence electrons. The van der Waals surface area contributed by atoms with E-state index in [1.165, 1.54) is 74.1 Å². The van der Waals surface area contributed by atoms with Crippen LogP contribution in [0, 0.1) is 51.4 Å². The number of halogens is 12. The van der Waals surface area contributed by atoms with E-state index in [1.54, 1.807) is 106 Å². The molecule has 12 aromatic rings. The van der Waals surface area contributed by atoms with E-state index in [0.717, 1.165) is 106 Å². The highest BCUT2D eigenvalue weighted by Crippen LogP contribution is 2.44. The third-order valence-electron chi connectivity index (χ3n) is 25.4. The molecule has 4 aliphatic rings. The van der Waals surface area contributed by atoms with Crippen LogP contribution in [0.1, 0.15) is 141 Å². The second-order valence-corrected chi connectivity index (χ2v) is 35.5. The number of hydrogen-bond acceptors (Lipinski definition) is 19. The van der Waals surface area contributed by atoms with Crippen molar-refractivity contribution in [2.24, 2.45) is 44.1 Å². The Morgan fingerprint density at radius 2 is 0.657 bits per heavy atom. The van der Waals surface area contributed by atoms with Gasteiger partial charge in [-0.1, -0.05) is 143 Å². The smallest absolute Gasteiger partial charge is 0.431 e. The van der Waals surface area contributed by atoms with Crippen LogP contribution in [0.15, 0.2) is 270 Å². The highest BCUT2D eigenvalue weighted by atomic mass is 19.4. The Morgan fingerprint density at radius 1 is 0.336 bits per heavy atom. The van der Waals surface area contributed by atoms with Crippen LogP contribution in [0.2, 0.25) is 0 Å². The number of ether oxygens (including phenoxy) is 2. The number of carboxylic acids is 1. The number of carbonyl (C=O) groups is 4. The maximum Gasteiger partial charge on any atom is 0.431 e. The van der Waals surface area contributed by atoms with E-state index in [0.29, 0.717) is 60.2 Å². The predicted molar refractivity (Wildman–Crippen MR) is 519 cm³/mol. The molecule has 32 heteroatoms. The topological polar surface area (TPSA) is 234 Å². The van der Waals surface area contributed by atoms with Crippen molar-refractivity contribution >= 4 is 68.9 Å². The lowest BCUT2D eigenvalue weighted by Gasteiger charge is -2.26. The molecule has 0 saturated carbocycles. The van der Waals surface area contributed by atoms with Crippen molar-refractivity contribution in [3.8, 4) is 56.4 Å². The lowest BCUT2D eigenvalue weighted by atomic mass is 9.93. The second-order valence-electron chi connectivity index (χ2n) is 35.5. The van der Waals surface area contributed by atoms with Crippen LogP contribution < -0.4 is 29.5 Å². The van der Waals surface area contributed by atoms with Crippen molar-refractivity contribution in [3.63, 3.8) is 0 Å². The van der Waals surface area contributed by atoms with E-state index in [1.807, 2.05) is 123 Å². The van der Waals surface area contributed by atoms with Crippen LogP contribution in [0.5, 0.6) is 11.8 Å². The monoisotopic (exact) mass is 1920 g/mol. The van der Waals surface area contributed by atoms with Crippen molar-refractivity contribution < 1.29 is 86.4 Å². The van der Waals surface area contributed by atoms with Gasteiger partial charge in [0.2, 0.25) is 11.8 Å². The third-order valence-corrected chi connectivity index (χ3v) is 25.4. The number of Topliss-reactive ketones (excluding diaryl/α,β-unsaturated/α-hetero) is 3. The SMILES string of the molecule is CC(=O)C[C@H]1[C@H](C)C(C(F)(F)F)=NN1c1ccc(Cc2ccc(-c3ccncc3)cc2C)cc1.COc1cc(-c2ccc(Cc3ccc(N4N=C(C(F)(F)F)[C@@H](C)[C@@H]4CC(C)=O)cc3)c(C)c2)ccn1.COc1ncccc1-c1ccc(Cc2ccc(N3N=C(C(F)(F)F)[C@@H](C)[C@@H]3CC(C)=O)cc2)c(C)c1.Cc1cc(-c2cnccn2)ccc1Cc1ccc(N2N=C(C(F)(F)F)[C@@H](C)[C@@H]2CC(=O)O)cc1. The van der Waals surface area contributed by atoms with E-state index in [-0.39, 0.29) is 36.6 Å². The molecule has 8 atom stereocenters. The van der Waals surface area contributed by atoms with Crippen molar-refractivity contribution in [1.82, 2.24) is 24.9 Å². The molecule has 0 fully saturated rings. The normalized spacial score (nSPS) is 17.9. The molecular formula is C108H105F12N13O7. The molecule has 4 aromatic heterocycles. The number of benzene rings is 8. The fourth-order valence-corrected chi connectivity index (χ4v) is 17.7. The maximum atomic E-state index is 13.5. The number of aromatic nitrogens is 5. The van der Waals surface area contributed by atoms with Gasteiger partial charge in [-0.25, -0.2) is 9.97 Å². The van der Waals surface area contributed by atoms with E-state index in [4.69, 9.17) is 9.47 Å². The Labute approximate surface area is 803 Å². The van der Waals surface area contributed by atoms with E-state index >= 15 is 0 Å². The number of hydrazone groups is 4. The average molecular weight is 1930 g/mol. The predicted octanol–water partition coefficient (Wildman–Crippen LogP) is 24.4. The van der Waals surface area contributed by atoms with Crippen LogP contribution in [0.4, 0.5) is 75.4 Å². The van der Waals surface area contributed by atoms with Crippen molar-refractivity contribution in [1.29, 1.82) is 0 Å². The standard InChI is InChI=1S/2C28H28F3N3O2.C27H26F3N3O.C25H23F3N4O2/c1-17-13-22(23-11-12-32-26(16-23)36-4)8-7-21(17)15-20-5-9-24(10-6-20)34-25(14-18(2)35)19(3)27(33-34)28(29,30)31;1-17-14-22(24-6-5-13-32-27(24)36-4)10-9-21(17)16-20-7-11-23(12-8-20)34-25(15-18(2)35)19(3)26(33-34)28(29,30)31;1-17-14-23(21-10-12-31-13-11-21)7-6-22(17)16-20-4-8-24(9-5-20)33-25(15-18(2)34)19(3)26(32-33)27(28,29)30;1-15-11-19(21-14-29-9-10-30-21)6-5-18(15)12-17-3-7-20(8-4-17)32-22(13-23(33)34)16(2)24(31-32)25(26,27)28/h5-13,16,19,25H,14-15H2,1-4H3;5-14,19,25H,15-16H2,1-4H3;4-14,19,25H,15-16H2,1-3H3;3-11,14,16,22H,12-13H2,1-2H3,(H,33,34)/t3*19-,25-;16-,22-/m0000/s1. The maximum absolute atomic E-state index is 13.5. The molecule has 0 aliphatic carbocycles. The highest BCUT2D eigenvalue weighted by molar-refractivity contribution is 5.99. The van der Waals surface area contributed by atoms with Crippen molar-refractivity contribution in [2.45, 2.75) is 176 Å². The van der Waals surface area contributed by atoms with Crippen LogP contribution >= 0.6 is 0 Å². The Bertz CT molecular complexity index is 6370. The van der Waals surface area contributed by atoms with Gasteiger partial charge in [0.25, 0.3) is 0 Å². The zero-order valence-corrected chi connectivity index (χ0v) is 79.2. The summed E-state index contributed by atoms with van der Waals surface area (Å²) in [5, 5.41) is 29.9. The first-order chi connectivity index (χ1) is 66.4. The summed E-state index contributed by atoms with van der Waals surface area (Å²) in [7, 11) is 3.18. The Kier molecular flexibility index (Phi) is 32.3. The number of rotatable bonds is 26. The number of methoxy groups -OCH3 is 2. The molecule has 0 amide bonds. The van der Waals surface area contributed by atoms with Gasteiger partial charge in [0.05, 0.1) is 79.4 Å². The molecule has 0 saturated heterocycles. The molecule has 0 spiro atoms. The number of pyridine rings is 3. The third kappa shape index (κ3) is 25.3. The Hall–Kier alpha value is -14.6. The molecule has 1 N–H and O–H groups in total. The summed E-state index contributed by atoms with van der Waals surface area (Å²) in [6.07, 6.45) is -4.05. The number of alkyl halides is 12. The molecule has 0 radical (unpaired) electrons. The quantitative estimate of drug-likeness (QED) is 0.0496. The molecule has 8 heterocycles.